The van der Waals surface area contributed by atoms with Gasteiger partial charge in [-0.3, -0.25) is 5.41 Å². The molecule has 0 aliphatic heterocycles. The minimum atomic E-state index is -0.0827. The highest BCUT2D eigenvalue weighted by molar-refractivity contribution is 9.10. The minimum Gasteiger partial charge on any atom is -0.455 e. The normalized spacial score (nSPS) is 10.3. The van der Waals surface area contributed by atoms with Gasteiger partial charge in [0.05, 0.1) is 10.6 Å². The second kappa shape index (κ2) is 5.82. The largest absolute Gasteiger partial charge is 0.455 e. The third-order valence-corrected chi connectivity index (χ3v) is 3.39. The highest BCUT2D eigenvalue weighted by Crippen LogP contribution is 2.34. The van der Waals surface area contributed by atoms with E-state index in [4.69, 9.17) is 39.1 Å². The molecule has 3 N–H and O–H groups in total. The zero-order valence-corrected chi connectivity index (χ0v) is 12.7. The summed E-state index contributed by atoms with van der Waals surface area (Å²) in [6.07, 6.45) is 0. The molecule has 0 aliphatic rings. The molecule has 19 heavy (non-hydrogen) atoms. The summed E-state index contributed by atoms with van der Waals surface area (Å²) in [6, 6.07) is 10.1. The first kappa shape index (κ1) is 14.2. The lowest BCUT2D eigenvalue weighted by atomic mass is 10.2. The van der Waals surface area contributed by atoms with E-state index in [1.165, 1.54) is 0 Å². The summed E-state index contributed by atoms with van der Waals surface area (Å²) >= 11 is 15.3. The predicted molar refractivity (Wildman–Crippen MR) is 81.7 cm³/mol. The van der Waals surface area contributed by atoms with Gasteiger partial charge < -0.3 is 10.5 Å². The number of nitrogens with one attached hydrogen (secondary N) is 1. The maximum atomic E-state index is 7.53. The molecule has 0 heterocycles. The van der Waals surface area contributed by atoms with Crippen LogP contribution in [0.5, 0.6) is 11.5 Å². The van der Waals surface area contributed by atoms with E-state index < -0.39 is 0 Å². The highest BCUT2D eigenvalue weighted by atomic mass is 79.9. The molecule has 6 heteroatoms. The quantitative estimate of drug-likeness (QED) is 0.608. The standard InChI is InChI=1S/C13H9BrCl2N2O/c14-7-1-3-9(13(17)18)11(5-7)19-12-6-8(15)2-4-10(12)16/h1-6H,(H3,17,18). The lowest BCUT2D eigenvalue weighted by Gasteiger charge is -2.12. The van der Waals surface area contributed by atoms with E-state index in [0.717, 1.165) is 4.47 Å². The average Bonchev–Trinajstić information content (AvgIpc) is 2.33. The van der Waals surface area contributed by atoms with E-state index >= 15 is 0 Å². The molecular formula is C13H9BrCl2N2O. The molecule has 0 spiro atoms. The number of nitrogens with two attached hydrogens (primary N) is 1. The van der Waals surface area contributed by atoms with Crippen molar-refractivity contribution < 1.29 is 4.74 Å². The molecule has 0 atom stereocenters. The number of nitrogen functional groups attached to an aromatic ring is 1. The van der Waals surface area contributed by atoms with Crippen LogP contribution < -0.4 is 10.5 Å². The van der Waals surface area contributed by atoms with Crippen LogP contribution in [0.25, 0.3) is 0 Å². The first-order valence-corrected chi connectivity index (χ1v) is 6.79. The van der Waals surface area contributed by atoms with Crippen LogP contribution in [-0.2, 0) is 0 Å². The Bertz CT molecular complexity index is 647. The summed E-state index contributed by atoms with van der Waals surface area (Å²) in [5, 5.41) is 8.47. The zero-order valence-electron chi connectivity index (χ0n) is 9.58. The maximum absolute atomic E-state index is 7.53. The van der Waals surface area contributed by atoms with Gasteiger partial charge in [0.2, 0.25) is 0 Å². The smallest absolute Gasteiger partial charge is 0.147 e. The van der Waals surface area contributed by atoms with Crippen LogP contribution in [0.1, 0.15) is 5.56 Å². The molecule has 3 nitrogen and oxygen atoms in total. The van der Waals surface area contributed by atoms with Crippen LogP contribution in [0.2, 0.25) is 10.0 Å². The number of ether oxygens (including phenoxy) is 1. The summed E-state index contributed by atoms with van der Waals surface area (Å²) in [4.78, 5) is 0. The van der Waals surface area contributed by atoms with Gasteiger partial charge in [-0.15, -0.1) is 0 Å². The summed E-state index contributed by atoms with van der Waals surface area (Å²) in [6.45, 7) is 0. The lowest BCUT2D eigenvalue weighted by molar-refractivity contribution is 0.481. The summed E-state index contributed by atoms with van der Waals surface area (Å²) in [5.74, 6) is 0.765. The van der Waals surface area contributed by atoms with Crippen LogP contribution in [0.3, 0.4) is 0 Å². The molecule has 0 radical (unpaired) electrons. The van der Waals surface area contributed by atoms with Crippen molar-refractivity contribution in [1.29, 1.82) is 5.41 Å². The molecule has 0 aliphatic carbocycles. The van der Waals surface area contributed by atoms with Crippen molar-refractivity contribution in [3.8, 4) is 11.5 Å². The van der Waals surface area contributed by atoms with Gasteiger partial charge >= 0.3 is 0 Å². The number of benzene rings is 2. The van der Waals surface area contributed by atoms with E-state index in [0.29, 0.717) is 27.1 Å². The topological polar surface area (TPSA) is 59.1 Å². The van der Waals surface area contributed by atoms with Gasteiger partial charge in [0.25, 0.3) is 0 Å². The van der Waals surface area contributed by atoms with Crippen molar-refractivity contribution in [2.45, 2.75) is 0 Å². The van der Waals surface area contributed by atoms with Gasteiger partial charge in [-0.05, 0) is 30.3 Å². The summed E-state index contributed by atoms with van der Waals surface area (Å²) in [5.41, 5.74) is 6.00. The Morgan fingerprint density at radius 2 is 1.84 bits per heavy atom. The maximum Gasteiger partial charge on any atom is 0.147 e. The van der Waals surface area contributed by atoms with Crippen molar-refractivity contribution in [2.24, 2.45) is 5.73 Å². The molecule has 0 unspecified atom stereocenters. The van der Waals surface area contributed by atoms with Crippen LogP contribution in [-0.4, -0.2) is 5.84 Å². The van der Waals surface area contributed by atoms with Crippen molar-refractivity contribution in [1.82, 2.24) is 0 Å². The number of rotatable bonds is 3. The van der Waals surface area contributed by atoms with Crippen molar-refractivity contribution in [3.05, 3.63) is 56.5 Å². The second-order valence-corrected chi connectivity index (χ2v) is 5.49. The van der Waals surface area contributed by atoms with Gasteiger partial charge in [0, 0.05) is 15.6 Å². The molecule has 0 aromatic heterocycles. The number of hydrogen-bond donors (Lipinski definition) is 2. The molecular weight excluding hydrogens is 351 g/mol. The van der Waals surface area contributed by atoms with Crippen molar-refractivity contribution in [2.75, 3.05) is 0 Å². The fourth-order valence-electron chi connectivity index (χ4n) is 1.48. The molecule has 0 saturated carbocycles. The van der Waals surface area contributed by atoms with Gasteiger partial charge in [-0.25, -0.2) is 0 Å². The first-order chi connectivity index (χ1) is 8.97. The lowest BCUT2D eigenvalue weighted by Crippen LogP contribution is -2.12. The second-order valence-electron chi connectivity index (χ2n) is 3.73. The number of halogens is 3. The van der Waals surface area contributed by atoms with Gasteiger partial charge in [-0.1, -0.05) is 39.1 Å². The van der Waals surface area contributed by atoms with Crippen LogP contribution in [0.4, 0.5) is 0 Å². The Morgan fingerprint density at radius 3 is 2.53 bits per heavy atom. The van der Waals surface area contributed by atoms with Crippen LogP contribution in [0.15, 0.2) is 40.9 Å². The number of amidine groups is 1. The van der Waals surface area contributed by atoms with E-state index in [1.54, 1.807) is 36.4 Å². The van der Waals surface area contributed by atoms with E-state index in [-0.39, 0.29) is 5.84 Å². The van der Waals surface area contributed by atoms with E-state index in [9.17, 15) is 0 Å². The zero-order chi connectivity index (χ0) is 14.0. The predicted octanol–water partition coefficient (Wildman–Crippen LogP) is 4.83. The van der Waals surface area contributed by atoms with Gasteiger partial charge in [0.1, 0.15) is 17.3 Å². The Morgan fingerprint density at radius 1 is 1.11 bits per heavy atom. The molecule has 98 valence electrons. The molecule has 2 aromatic carbocycles. The fourth-order valence-corrected chi connectivity index (χ4v) is 2.14. The molecule has 0 bridgehead atoms. The molecule has 0 amide bonds. The van der Waals surface area contributed by atoms with E-state index in [2.05, 4.69) is 15.9 Å². The average molecular weight is 360 g/mol. The van der Waals surface area contributed by atoms with Gasteiger partial charge in [-0.2, -0.15) is 0 Å². The monoisotopic (exact) mass is 358 g/mol. The molecule has 0 fully saturated rings. The Balaban J connectivity index is 2.45. The Hall–Kier alpha value is -1.23. The summed E-state index contributed by atoms with van der Waals surface area (Å²) < 4.78 is 6.51. The van der Waals surface area contributed by atoms with Crippen LogP contribution in [0, 0.1) is 5.41 Å². The van der Waals surface area contributed by atoms with E-state index in [1.807, 2.05) is 0 Å². The van der Waals surface area contributed by atoms with Crippen molar-refractivity contribution >= 4 is 45.0 Å². The first-order valence-electron chi connectivity index (χ1n) is 5.24. The summed E-state index contributed by atoms with van der Waals surface area (Å²) in [7, 11) is 0. The van der Waals surface area contributed by atoms with Gasteiger partial charge in [0.15, 0.2) is 0 Å². The Labute approximate surface area is 128 Å². The SMILES string of the molecule is N=C(N)c1ccc(Br)cc1Oc1cc(Cl)ccc1Cl. The third kappa shape index (κ3) is 3.41. The molecule has 0 saturated heterocycles. The van der Waals surface area contributed by atoms with Crippen molar-refractivity contribution in [3.63, 3.8) is 0 Å². The molecule has 2 rings (SSSR count). The minimum absolute atomic E-state index is 0.0827. The fraction of sp³-hybridized carbons (Fsp3) is 0. The highest BCUT2D eigenvalue weighted by Gasteiger charge is 2.11. The third-order valence-electron chi connectivity index (χ3n) is 2.35. The van der Waals surface area contributed by atoms with Crippen LogP contribution >= 0.6 is 39.1 Å². The Kier molecular flexibility index (Phi) is 4.34. The number of hydrogen-bond acceptors (Lipinski definition) is 2. The molecule has 2 aromatic rings.